The molecule has 1 atom stereocenters. The average molecular weight is 396 g/mol. The molecule has 4 rings (SSSR count). The number of morpholine rings is 1. The number of rotatable bonds is 4. The second-order valence-corrected chi connectivity index (χ2v) is 8.37. The van der Waals surface area contributed by atoms with Crippen LogP contribution in [0.1, 0.15) is 61.7 Å². The van der Waals surface area contributed by atoms with Crippen LogP contribution in [-0.2, 0) is 9.53 Å². The average Bonchev–Trinajstić information content (AvgIpc) is 3.27. The van der Waals surface area contributed by atoms with Gasteiger partial charge in [0.25, 0.3) is 5.91 Å². The molecule has 0 spiro atoms. The number of amides is 2. The van der Waals surface area contributed by atoms with E-state index in [1.54, 1.807) is 0 Å². The maximum Gasteiger partial charge on any atom is 0.252 e. The highest BCUT2D eigenvalue weighted by Gasteiger charge is 2.32. The van der Waals surface area contributed by atoms with Gasteiger partial charge in [0.15, 0.2) is 0 Å². The minimum absolute atomic E-state index is 0.0448. The molecule has 154 valence electrons. The second kappa shape index (κ2) is 8.49. The zero-order valence-corrected chi connectivity index (χ0v) is 17.2. The predicted molar refractivity (Wildman–Crippen MR) is 112 cm³/mol. The Labute approximate surface area is 171 Å². The Morgan fingerprint density at radius 3 is 2.72 bits per heavy atom. The molecule has 1 aliphatic carbocycles. The van der Waals surface area contributed by atoms with Crippen molar-refractivity contribution in [3.8, 4) is 0 Å². The van der Waals surface area contributed by atoms with E-state index < -0.39 is 0 Å². The van der Waals surface area contributed by atoms with Crippen molar-refractivity contribution < 1.29 is 14.3 Å². The Morgan fingerprint density at radius 1 is 1.21 bits per heavy atom. The molecule has 6 heteroatoms. The van der Waals surface area contributed by atoms with Crippen LogP contribution in [0.3, 0.4) is 0 Å². The zero-order chi connectivity index (χ0) is 20.4. The van der Waals surface area contributed by atoms with Gasteiger partial charge in [-0.05, 0) is 38.8 Å². The van der Waals surface area contributed by atoms with Gasteiger partial charge in [-0.3, -0.25) is 9.59 Å². The van der Waals surface area contributed by atoms with Gasteiger partial charge >= 0.3 is 0 Å². The van der Waals surface area contributed by atoms with Crippen LogP contribution >= 0.6 is 0 Å². The summed E-state index contributed by atoms with van der Waals surface area (Å²) in [4.78, 5) is 32.4. The zero-order valence-electron chi connectivity index (χ0n) is 17.2. The van der Waals surface area contributed by atoms with Crippen LogP contribution in [0.2, 0.25) is 0 Å². The number of ether oxygens (including phenoxy) is 1. The van der Waals surface area contributed by atoms with Gasteiger partial charge in [0, 0.05) is 23.9 Å². The van der Waals surface area contributed by atoms with Crippen molar-refractivity contribution in [2.75, 3.05) is 19.7 Å². The number of carbonyl (C=O) groups is 2. The molecule has 1 aliphatic heterocycles. The van der Waals surface area contributed by atoms with Crippen molar-refractivity contribution >= 4 is 22.7 Å². The minimum atomic E-state index is -0.315. The largest absolute Gasteiger partial charge is 0.368 e. The normalized spacial score (nSPS) is 20.4. The Bertz CT molecular complexity index is 905. The molecule has 1 aromatic carbocycles. The summed E-state index contributed by atoms with van der Waals surface area (Å²) in [5.74, 6) is 0.287. The van der Waals surface area contributed by atoms with E-state index in [1.165, 1.54) is 0 Å². The fourth-order valence-electron chi connectivity index (χ4n) is 4.35. The van der Waals surface area contributed by atoms with E-state index in [2.05, 4.69) is 5.32 Å². The summed E-state index contributed by atoms with van der Waals surface area (Å²) in [6.45, 7) is 5.50. The van der Waals surface area contributed by atoms with Crippen LogP contribution in [0.25, 0.3) is 10.9 Å². The van der Waals surface area contributed by atoms with Crippen LogP contribution in [0.15, 0.2) is 30.3 Å². The van der Waals surface area contributed by atoms with Gasteiger partial charge in [0.1, 0.15) is 6.10 Å². The summed E-state index contributed by atoms with van der Waals surface area (Å²) < 4.78 is 5.98. The van der Waals surface area contributed by atoms with E-state index in [-0.39, 0.29) is 29.9 Å². The number of nitrogens with zero attached hydrogens (tertiary/aromatic N) is 2. The van der Waals surface area contributed by atoms with E-state index in [0.29, 0.717) is 31.0 Å². The van der Waals surface area contributed by atoms with Crippen molar-refractivity contribution in [2.45, 2.75) is 51.7 Å². The Morgan fingerprint density at radius 2 is 1.97 bits per heavy atom. The lowest BCUT2D eigenvalue weighted by Gasteiger charge is -2.34. The van der Waals surface area contributed by atoms with Crippen LogP contribution in [0.5, 0.6) is 0 Å². The van der Waals surface area contributed by atoms with E-state index >= 15 is 0 Å². The molecule has 2 heterocycles. The molecule has 2 aliphatic rings. The van der Waals surface area contributed by atoms with Gasteiger partial charge in [-0.25, -0.2) is 4.98 Å². The van der Waals surface area contributed by atoms with Gasteiger partial charge in [0.05, 0.1) is 29.9 Å². The highest BCUT2D eigenvalue weighted by molar-refractivity contribution is 6.06. The first-order valence-electron chi connectivity index (χ1n) is 10.6. The van der Waals surface area contributed by atoms with Crippen LogP contribution in [-0.4, -0.2) is 47.4 Å². The first-order valence-corrected chi connectivity index (χ1v) is 10.6. The summed E-state index contributed by atoms with van der Waals surface area (Å²) in [6.07, 6.45) is 3.96. The summed E-state index contributed by atoms with van der Waals surface area (Å²) in [6, 6.07) is 9.53. The quantitative estimate of drug-likeness (QED) is 0.861. The fourth-order valence-corrected chi connectivity index (χ4v) is 4.35. The van der Waals surface area contributed by atoms with E-state index in [9.17, 15) is 9.59 Å². The third-order valence-corrected chi connectivity index (χ3v) is 5.81. The lowest BCUT2D eigenvalue weighted by atomic mass is 10.0. The van der Waals surface area contributed by atoms with Crippen LogP contribution < -0.4 is 5.32 Å². The molecule has 2 fully saturated rings. The van der Waals surface area contributed by atoms with Crippen molar-refractivity contribution in [1.82, 2.24) is 15.2 Å². The fraction of sp³-hybridized carbons (Fsp3) is 0.522. The molecule has 1 saturated heterocycles. The van der Waals surface area contributed by atoms with E-state index in [0.717, 1.165) is 36.6 Å². The first-order chi connectivity index (χ1) is 14.0. The first kappa shape index (κ1) is 19.8. The van der Waals surface area contributed by atoms with Gasteiger partial charge in [0.2, 0.25) is 5.91 Å². The molecular weight excluding hydrogens is 366 g/mol. The SMILES string of the molecule is CC(C)NC(=O)c1cc([C@@H]2CN(C(=O)C3CCCC3)CCO2)nc2ccccc12. The molecule has 1 aromatic heterocycles. The van der Waals surface area contributed by atoms with Gasteiger partial charge in [-0.2, -0.15) is 0 Å². The molecular formula is C23H29N3O3. The molecule has 6 nitrogen and oxygen atoms in total. The third kappa shape index (κ3) is 4.27. The molecule has 0 unspecified atom stereocenters. The maximum atomic E-state index is 12.9. The van der Waals surface area contributed by atoms with E-state index in [4.69, 9.17) is 9.72 Å². The maximum absolute atomic E-state index is 12.9. The van der Waals surface area contributed by atoms with Crippen LogP contribution in [0, 0.1) is 5.92 Å². The number of hydrogen-bond acceptors (Lipinski definition) is 4. The van der Waals surface area contributed by atoms with Crippen molar-refractivity contribution in [2.24, 2.45) is 5.92 Å². The van der Waals surface area contributed by atoms with Gasteiger partial charge < -0.3 is 15.0 Å². The Kier molecular flexibility index (Phi) is 5.81. The number of carbonyl (C=O) groups excluding carboxylic acids is 2. The minimum Gasteiger partial charge on any atom is -0.368 e. The van der Waals surface area contributed by atoms with Crippen LogP contribution in [0.4, 0.5) is 0 Å². The van der Waals surface area contributed by atoms with Gasteiger partial charge in [-0.1, -0.05) is 31.0 Å². The smallest absolute Gasteiger partial charge is 0.252 e. The number of hydrogen-bond donors (Lipinski definition) is 1. The number of aromatic nitrogens is 1. The molecule has 29 heavy (non-hydrogen) atoms. The number of benzene rings is 1. The third-order valence-electron chi connectivity index (χ3n) is 5.81. The molecule has 0 radical (unpaired) electrons. The number of fused-ring (bicyclic) bond motifs is 1. The van der Waals surface area contributed by atoms with Gasteiger partial charge in [-0.15, -0.1) is 0 Å². The van der Waals surface area contributed by atoms with E-state index in [1.807, 2.05) is 49.1 Å². The summed E-state index contributed by atoms with van der Waals surface area (Å²) in [5.41, 5.74) is 2.07. The molecule has 2 amide bonds. The summed E-state index contributed by atoms with van der Waals surface area (Å²) in [5, 5.41) is 3.80. The lowest BCUT2D eigenvalue weighted by molar-refractivity contribution is -0.143. The molecule has 0 bridgehead atoms. The lowest BCUT2D eigenvalue weighted by Crippen LogP contribution is -2.44. The second-order valence-electron chi connectivity index (χ2n) is 8.37. The summed E-state index contributed by atoms with van der Waals surface area (Å²) >= 11 is 0. The monoisotopic (exact) mass is 395 g/mol. The van der Waals surface area contributed by atoms with Crippen molar-refractivity contribution in [3.05, 3.63) is 41.6 Å². The van der Waals surface area contributed by atoms with Crippen molar-refractivity contribution in [1.29, 1.82) is 0 Å². The van der Waals surface area contributed by atoms with Crippen molar-refractivity contribution in [3.63, 3.8) is 0 Å². The highest BCUT2D eigenvalue weighted by atomic mass is 16.5. The summed E-state index contributed by atoms with van der Waals surface area (Å²) in [7, 11) is 0. The predicted octanol–water partition coefficient (Wildman–Crippen LogP) is 3.46. The Hall–Kier alpha value is -2.47. The standard InChI is InChI=1S/C23H29N3O3/c1-15(2)24-22(27)18-13-20(25-19-10-6-5-9-17(18)19)21-14-26(11-12-29-21)23(28)16-7-3-4-8-16/h5-6,9-10,13,15-16,21H,3-4,7-8,11-12,14H2,1-2H3,(H,24,27)/t21-/m0/s1. The Balaban J connectivity index is 1.62. The topological polar surface area (TPSA) is 71.5 Å². The molecule has 1 N–H and O–H groups in total. The number of nitrogens with one attached hydrogen (secondary N) is 1. The molecule has 1 saturated carbocycles. The number of para-hydroxylation sites is 1. The highest BCUT2D eigenvalue weighted by Crippen LogP contribution is 2.30. The number of pyridine rings is 1. The molecule has 2 aromatic rings.